The summed E-state index contributed by atoms with van der Waals surface area (Å²) < 4.78 is 3.74. The van der Waals surface area contributed by atoms with Crippen molar-refractivity contribution in [2.24, 2.45) is 14.1 Å². The molecule has 0 unspecified atom stereocenters. The topological polar surface area (TPSA) is 90.9 Å². The summed E-state index contributed by atoms with van der Waals surface area (Å²) in [5, 5.41) is 2.81. The molecule has 0 aliphatic rings. The van der Waals surface area contributed by atoms with Crippen molar-refractivity contribution in [2.75, 3.05) is 0 Å². The highest BCUT2D eigenvalue weighted by Gasteiger charge is 2.18. The van der Waals surface area contributed by atoms with Crippen molar-refractivity contribution in [3.8, 4) is 0 Å². The second-order valence-corrected chi connectivity index (χ2v) is 5.96. The lowest BCUT2D eigenvalue weighted by Crippen LogP contribution is -2.43. The van der Waals surface area contributed by atoms with Crippen LogP contribution in [0, 0.1) is 0 Å². The molecule has 0 aliphatic heterocycles. The molecule has 1 amide bonds. The van der Waals surface area contributed by atoms with E-state index in [1.807, 2.05) is 37.3 Å². The van der Waals surface area contributed by atoms with Crippen LogP contribution in [0.1, 0.15) is 18.5 Å². The molecule has 3 aromatic rings. The Balaban J connectivity index is 1.90. The third kappa shape index (κ3) is 2.98. The number of benzene rings is 1. The lowest BCUT2D eigenvalue weighted by Gasteiger charge is -2.15. The molecule has 130 valence electrons. The number of amides is 1. The third-order valence-corrected chi connectivity index (χ3v) is 4.18. The van der Waals surface area contributed by atoms with E-state index in [0.717, 1.165) is 10.1 Å². The maximum Gasteiger partial charge on any atom is 0.332 e. The molecule has 0 aliphatic carbocycles. The van der Waals surface area contributed by atoms with Crippen LogP contribution < -0.4 is 16.6 Å². The number of fused-ring (bicyclic) bond motifs is 1. The molecule has 0 radical (unpaired) electrons. The SMILES string of the molecule is C[C@H](NC(=O)Cn1c(=O)c2c(ncn2C)n(C)c1=O)c1ccccc1. The number of carbonyl (C=O) groups excluding carboxylic acids is 1. The van der Waals surface area contributed by atoms with E-state index in [1.54, 1.807) is 7.05 Å². The molecule has 0 spiro atoms. The number of imidazole rings is 1. The fraction of sp³-hybridized carbons (Fsp3) is 0.294. The molecule has 0 fully saturated rings. The average molecular weight is 341 g/mol. The summed E-state index contributed by atoms with van der Waals surface area (Å²) >= 11 is 0. The number of nitrogens with one attached hydrogen (secondary N) is 1. The summed E-state index contributed by atoms with van der Waals surface area (Å²) in [6, 6.07) is 9.23. The Bertz CT molecular complexity index is 1050. The molecule has 0 saturated carbocycles. The van der Waals surface area contributed by atoms with Crippen molar-refractivity contribution < 1.29 is 4.79 Å². The Labute approximate surface area is 143 Å². The number of nitrogens with zero attached hydrogens (tertiary/aromatic N) is 4. The van der Waals surface area contributed by atoms with E-state index in [9.17, 15) is 14.4 Å². The number of hydrogen-bond donors (Lipinski definition) is 1. The highest BCUT2D eigenvalue weighted by Crippen LogP contribution is 2.10. The van der Waals surface area contributed by atoms with Crippen molar-refractivity contribution in [3.05, 3.63) is 63.1 Å². The van der Waals surface area contributed by atoms with Crippen molar-refractivity contribution in [1.29, 1.82) is 0 Å². The molecule has 8 nitrogen and oxygen atoms in total. The zero-order valence-electron chi connectivity index (χ0n) is 14.3. The van der Waals surface area contributed by atoms with Crippen LogP contribution in [0.5, 0.6) is 0 Å². The highest BCUT2D eigenvalue weighted by atomic mass is 16.2. The van der Waals surface area contributed by atoms with Crippen molar-refractivity contribution in [2.45, 2.75) is 19.5 Å². The van der Waals surface area contributed by atoms with Crippen molar-refractivity contribution >= 4 is 17.1 Å². The highest BCUT2D eigenvalue weighted by molar-refractivity contribution is 5.77. The van der Waals surface area contributed by atoms with Gasteiger partial charge in [0, 0.05) is 14.1 Å². The number of hydrogen-bond acceptors (Lipinski definition) is 4. The zero-order chi connectivity index (χ0) is 18.1. The zero-order valence-corrected chi connectivity index (χ0v) is 14.3. The minimum Gasteiger partial charge on any atom is -0.348 e. The maximum atomic E-state index is 12.6. The van der Waals surface area contributed by atoms with Crippen LogP contribution in [-0.2, 0) is 25.4 Å². The Kier molecular flexibility index (Phi) is 4.26. The Morgan fingerprint density at radius 1 is 1.20 bits per heavy atom. The van der Waals surface area contributed by atoms with Gasteiger partial charge in [0.1, 0.15) is 6.54 Å². The quantitative estimate of drug-likeness (QED) is 0.739. The molecule has 25 heavy (non-hydrogen) atoms. The minimum atomic E-state index is -0.571. The minimum absolute atomic E-state index is 0.228. The van der Waals surface area contributed by atoms with Crippen LogP contribution in [0.3, 0.4) is 0 Å². The summed E-state index contributed by atoms with van der Waals surface area (Å²) in [6.45, 7) is 1.50. The van der Waals surface area contributed by atoms with Gasteiger partial charge in [-0.15, -0.1) is 0 Å². The number of aryl methyl sites for hydroxylation is 2. The predicted octanol–water partition coefficient (Wildman–Crippen LogP) is 0.311. The first kappa shape index (κ1) is 16.7. The molecule has 0 bridgehead atoms. The Morgan fingerprint density at radius 3 is 2.56 bits per heavy atom. The molecule has 8 heteroatoms. The van der Waals surface area contributed by atoms with E-state index in [1.165, 1.54) is 22.5 Å². The second-order valence-electron chi connectivity index (χ2n) is 5.96. The summed E-state index contributed by atoms with van der Waals surface area (Å²) in [5.41, 5.74) is 0.426. The number of rotatable bonds is 4. The van der Waals surface area contributed by atoms with Gasteiger partial charge in [0.2, 0.25) is 5.91 Å². The van der Waals surface area contributed by atoms with Gasteiger partial charge < -0.3 is 9.88 Å². The van der Waals surface area contributed by atoms with Gasteiger partial charge in [0.25, 0.3) is 5.56 Å². The van der Waals surface area contributed by atoms with Crippen LogP contribution in [-0.4, -0.2) is 24.6 Å². The van der Waals surface area contributed by atoms with Crippen molar-refractivity contribution in [1.82, 2.24) is 24.0 Å². The molecule has 3 rings (SSSR count). The van der Waals surface area contributed by atoms with Gasteiger partial charge >= 0.3 is 5.69 Å². The molecule has 1 aromatic carbocycles. The summed E-state index contributed by atoms with van der Waals surface area (Å²) in [4.78, 5) is 41.4. The largest absolute Gasteiger partial charge is 0.348 e. The Hall–Kier alpha value is -3.16. The maximum absolute atomic E-state index is 12.6. The van der Waals surface area contributed by atoms with E-state index in [0.29, 0.717) is 5.65 Å². The van der Waals surface area contributed by atoms with E-state index < -0.39 is 17.2 Å². The normalized spacial score (nSPS) is 12.3. The van der Waals surface area contributed by atoms with Crippen LogP contribution in [0.2, 0.25) is 0 Å². The standard InChI is InChI=1S/C17H19N5O3/c1-11(12-7-5-4-6-8-12)19-13(23)9-22-16(24)14-15(18-10-20(14)2)21(3)17(22)25/h4-8,10-11H,9H2,1-3H3,(H,19,23)/t11-/m0/s1. The summed E-state index contributed by atoms with van der Waals surface area (Å²) in [6.07, 6.45) is 1.47. The second kappa shape index (κ2) is 6.39. The molecular weight excluding hydrogens is 322 g/mol. The molecule has 1 atom stereocenters. The number of carbonyl (C=O) groups is 1. The van der Waals surface area contributed by atoms with Gasteiger partial charge in [-0.2, -0.15) is 0 Å². The van der Waals surface area contributed by atoms with E-state index in [2.05, 4.69) is 10.3 Å². The predicted molar refractivity (Wildman–Crippen MR) is 93.2 cm³/mol. The first-order valence-corrected chi connectivity index (χ1v) is 7.85. The van der Waals surface area contributed by atoms with Gasteiger partial charge in [-0.25, -0.2) is 14.3 Å². The van der Waals surface area contributed by atoms with Gasteiger partial charge in [0.05, 0.1) is 12.4 Å². The average Bonchev–Trinajstić information content (AvgIpc) is 2.99. The van der Waals surface area contributed by atoms with Gasteiger partial charge in [-0.1, -0.05) is 30.3 Å². The third-order valence-electron chi connectivity index (χ3n) is 4.18. The fourth-order valence-electron chi connectivity index (χ4n) is 2.79. The lowest BCUT2D eigenvalue weighted by molar-refractivity contribution is -0.122. The molecule has 2 heterocycles. The molecule has 2 aromatic heterocycles. The van der Waals surface area contributed by atoms with Gasteiger partial charge in [-0.05, 0) is 12.5 Å². The fourth-order valence-corrected chi connectivity index (χ4v) is 2.79. The molecule has 1 N–H and O–H groups in total. The first-order chi connectivity index (χ1) is 11.9. The Morgan fingerprint density at radius 2 is 1.88 bits per heavy atom. The van der Waals surface area contributed by atoms with Crippen LogP contribution >= 0.6 is 0 Å². The van der Waals surface area contributed by atoms with Crippen LogP contribution in [0.15, 0.2) is 46.2 Å². The van der Waals surface area contributed by atoms with E-state index >= 15 is 0 Å². The van der Waals surface area contributed by atoms with Gasteiger partial charge in [0.15, 0.2) is 11.2 Å². The number of aromatic nitrogens is 4. The molecule has 0 saturated heterocycles. The van der Waals surface area contributed by atoms with E-state index in [4.69, 9.17) is 0 Å². The smallest absolute Gasteiger partial charge is 0.332 e. The van der Waals surface area contributed by atoms with Gasteiger partial charge in [-0.3, -0.25) is 14.2 Å². The van der Waals surface area contributed by atoms with Crippen molar-refractivity contribution in [3.63, 3.8) is 0 Å². The first-order valence-electron chi connectivity index (χ1n) is 7.85. The lowest BCUT2D eigenvalue weighted by atomic mass is 10.1. The molecular formula is C17H19N5O3. The van der Waals surface area contributed by atoms with Crippen LogP contribution in [0.4, 0.5) is 0 Å². The summed E-state index contributed by atoms with van der Waals surface area (Å²) in [5.74, 6) is -0.405. The monoisotopic (exact) mass is 341 g/mol. The van der Waals surface area contributed by atoms with Crippen LogP contribution in [0.25, 0.3) is 11.2 Å². The summed E-state index contributed by atoms with van der Waals surface area (Å²) in [7, 11) is 3.20. The van der Waals surface area contributed by atoms with E-state index in [-0.39, 0.29) is 18.1 Å².